The SMILES string of the molecule is CCCCCCC/C=N\N=C/CCCCCCC. The van der Waals surface area contributed by atoms with Crippen molar-refractivity contribution < 1.29 is 0 Å². The van der Waals surface area contributed by atoms with Gasteiger partial charge in [0, 0.05) is 12.4 Å². The third kappa shape index (κ3) is 15.3. The van der Waals surface area contributed by atoms with Crippen LogP contribution >= 0.6 is 0 Å². The lowest BCUT2D eigenvalue weighted by molar-refractivity contribution is 0.644. The average Bonchev–Trinajstić information content (AvgIpc) is 2.39. The Morgan fingerprint density at radius 1 is 0.556 bits per heavy atom. The van der Waals surface area contributed by atoms with Crippen molar-refractivity contribution in [3.05, 3.63) is 0 Å². The maximum absolute atomic E-state index is 4.07. The Balaban J connectivity index is 3.15. The van der Waals surface area contributed by atoms with Gasteiger partial charge in [0.2, 0.25) is 0 Å². The lowest BCUT2D eigenvalue weighted by Gasteiger charge is -1.95. The van der Waals surface area contributed by atoms with Gasteiger partial charge in [-0.15, -0.1) is 0 Å². The van der Waals surface area contributed by atoms with Gasteiger partial charge in [0.15, 0.2) is 0 Å². The highest BCUT2D eigenvalue weighted by molar-refractivity contribution is 5.61. The van der Waals surface area contributed by atoms with Crippen molar-refractivity contribution in [2.24, 2.45) is 10.2 Å². The van der Waals surface area contributed by atoms with Crippen molar-refractivity contribution in [2.45, 2.75) is 90.9 Å². The average molecular weight is 252 g/mol. The minimum Gasteiger partial charge on any atom is -0.164 e. The van der Waals surface area contributed by atoms with Crippen LogP contribution in [0.15, 0.2) is 10.2 Å². The molecule has 0 saturated heterocycles. The van der Waals surface area contributed by atoms with Gasteiger partial charge in [-0.2, -0.15) is 10.2 Å². The summed E-state index contributed by atoms with van der Waals surface area (Å²) in [5.41, 5.74) is 0. The van der Waals surface area contributed by atoms with E-state index in [1.54, 1.807) is 0 Å². The fraction of sp³-hybridized carbons (Fsp3) is 0.875. The monoisotopic (exact) mass is 252 g/mol. The fourth-order valence-corrected chi connectivity index (χ4v) is 1.89. The molecule has 18 heavy (non-hydrogen) atoms. The predicted molar refractivity (Wildman–Crippen MR) is 83.7 cm³/mol. The highest BCUT2D eigenvalue weighted by Crippen LogP contribution is 2.04. The van der Waals surface area contributed by atoms with Crippen LogP contribution in [0.4, 0.5) is 0 Å². The van der Waals surface area contributed by atoms with Crippen LogP contribution in [0.3, 0.4) is 0 Å². The third-order valence-electron chi connectivity index (χ3n) is 3.10. The van der Waals surface area contributed by atoms with Crippen LogP contribution < -0.4 is 0 Å². The quantitative estimate of drug-likeness (QED) is 0.226. The van der Waals surface area contributed by atoms with Crippen molar-refractivity contribution in [1.82, 2.24) is 0 Å². The number of hydrogen-bond donors (Lipinski definition) is 0. The van der Waals surface area contributed by atoms with Gasteiger partial charge in [0.25, 0.3) is 0 Å². The molecule has 0 fully saturated rings. The number of hydrogen-bond acceptors (Lipinski definition) is 2. The summed E-state index contributed by atoms with van der Waals surface area (Å²) in [7, 11) is 0. The molecule has 0 aliphatic carbocycles. The van der Waals surface area contributed by atoms with Crippen LogP contribution in [0.5, 0.6) is 0 Å². The minimum absolute atomic E-state index is 1.08. The summed E-state index contributed by atoms with van der Waals surface area (Å²) in [6.45, 7) is 4.50. The Morgan fingerprint density at radius 2 is 0.944 bits per heavy atom. The Bertz CT molecular complexity index is 175. The second-order valence-electron chi connectivity index (χ2n) is 5.00. The molecule has 2 nitrogen and oxygen atoms in total. The highest BCUT2D eigenvalue weighted by atomic mass is 15.2. The smallest absolute Gasteiger partial charge is 0.0270 e. The summed E-state index contributed by atoms with van der Waals surface area (Å²) in [6, 6.07) is 0. The van der Waals surface area contributed by atoms with Gasteiger partial charge >= 0.3 is 0 Å². The molecule has 0 aliphatic heterocycles. The molecule has 0 aromatic carbocycles. The molecular formula is C16H32N2. The van der Waals surface area contributed by atoms with E-state index in [2.05, 4.69) is 24.1 Å². The van der Waals surface area contributed by atoms with Crippen LogP contribution in [0, 0.1) is 0 Å². The van der Waals surface area contributed by atoms with Crippen LogP contribution in [0.1, 0.15) is 90.9 Å². The molecule has 0 rings (SSSR count). The molecule has 0 aromatic rings. The second kappa shape index (κ2) is 16.3. The lowest BCUT2D eigenvalue weighted by atomic mass is 10.1. The first-order valence-electron chi connectivity index (χ1n) is 7.95. The molecule has 0 unspecified atom stereocenters. The number of nitrogens with zero attached hydrogens (tertiary/aromatic N) is 2. The van der Waals surface area contributed by atoms with Crippen LogP contribution in [0.25, 0.3) is 0 Å². The highest BCUT2D eigenvalue weighted by Gasteiger charge is 1.87. The first-order valence-corrected chi connectivity index (χ1v) is 7.95. The van der Waals surface area contributed by atoms with Crippen molar-refractivity contribution in [3.8, 4) is 0 Å². The normalized spacial score (nSPS) is 11.9. The first kappa shape index (κ1) is 17.3. The van der Waals surface area contributed by atoms with Crippen molar-refractivity contribution >= 4 is 12.4 Å². The van der Waals surface area contributed by atoms with Gasteiger partial charge in [-0.05, 0) is 25.7 Å². The van der Waals surface area contributed by atoms with E-state index in [4.69, 9.17) is 0 Å². The van der Waals surface area contributed by atoms with E-state index in [1.807, 2.05) is 12.4 Å². The lowest BCUT2D eigenvalue weighted by Crippen LogP contribution is -1.81. The Labute approximate surface area is 114 Å². The maximum atomic E-state index is 4.07. The molecule has 0 bridgehead atoms. The number of unbranched alkanes of at least 4 members (excludes halogenated alkanes) is 10. The van der Waals surface area contributed by atoms with Crippen molar-refractivity contribution in [1.29, 1.82) is 0 Å². The largest absolute Gasteiger partial charge is 0.164 e. The van der Waals surface area contributed by atoms with Gasteiger partial charge in [0.1, 0.15) is 0 Å². The molecule has 0 heterocycles. The molecule has 0 N–H and O–H groups in total. The van der Waals surface area contributed by atoms with E-state index >= 15 is 0 Å². The molecule has 0 aliphatic rings. The van der Waals surface area contributed by atoms with Gasteiger partial charge < -0.3 is 0 Å². The first-order chi connectivity index (χ1) is 8.91. The Morgan fingerprint density at radius 3 is 1.33 bits per heavy atom. The van der Waals surface area contributed by atoms with Gasteiger partial charge in [-0.3, -0.25) is 0 Å². The van der Waals surface area contributed by atoms with Crippen molar-refractivity contribution in [3.63, 3.8) is 0 Å². The summed E-state index contributed by atoms with van der Waals surface area (Å²) in [5.74, 6) is 0. The van der Waals surface area contributed by atoms with Crippen LogP contribution in [-0.2, 0) is 0 Å². The molecule has 0 radical (unpaired) electrons. The van der Waals surface area contributed by atoms with E-state index in [1.165, 1.54) is 64.2 Å². The summed E-state index contributed by atoms with van der Waals surface area (Å²) < 4.78 is 0. The summed E-state index contributed by atoms with van der Waals surface area (Å²) in [5, 5.41) is 8.14. The third-order valence-corrected chi connectivity index (χ3v) is 3.10. The van der Waals surface area contributed by atoms with E-state index in [0.29, 0.717) is 0 Å². The van der Waals surface area contributed by atoms with E-state index in [0.717, 1.165) is 12.8 Å². The van der Waals surface area contributed by atoms with E-state index < -0.39 is 0 Å². The molecular weight excluding hydrogens is 220 g/mol. The molecule has 106 valence electrons. The van der Waals surface area contributed by atoms with E-state index in [9.17, 15) is 0 Å². The topological polar surface area (TPSA) is 24.7 Å². The van der Waals surface area contributed by atoms with Crippen molar-refractivity contribution in [2.75, 3.05) is 0 Å². The molecule has 0 atom stereocenters. The molecule has 0 amide bonds. The zero-order valence-corrected chi connectivity index (χ0v) is 12.5. The van der Waals surface area contributed by atoms with Gasteiger partial charge in [-0.1, -0.05) is 65.2 Å². The van der Waals surface area contributed by atoms with Crippen LogP contribution in [-0.4, -0.2) is 12.4 Å². The summed E-state index contributed by atoms with van der Waals surface area (Å²) in [4.78, 5) is 0. The molecule has 0 spiro atoms. The standard InChI is InChI=1S/C16H32N2/c1-3-5-7-9-11-13-15-17-18-16-14-12-10-8-6-4-2/h15-16H,3-14H2,1-2H3/b17-15-,18-16-. The molecule has 0 saturated carbocycles. The zero-order valence-electron chi connectivity index (χ0n) is 12.5. The predicted octanol–water partition coefficient (Wildman–Crippen LogP) is 5.76. The van der Waals surface area contributed by atoms with Gasteiger partial charge in [0.05, 0.1) is 0 Å². The second-order valence-corrected chi connectivity index (χ2v) is 5.00. The molecule has 2 heteroatoms. The maximum Gasteiger partial charge on any atom is 0.0270 e. The van der Waals surface area contributed by atoms with Gasteiger partial charge in [-0.25, -0.2) is 0 Å². The minimum atomic E-state index is 1.08. The summed E-state index contributed by atoms with van der Waals surface area (Å²) >= 11 is 0. The van der Waals surface area contributed by atoms with E-state index in [-0.39, 0.29) is 0 Å². The fourth-order valence-electron chi connectivity index (χ4n) is 1.89. The zero-order chi connectivity index (χ0) is 13.3. The van der Waals surface area contributed by atoms with Crippen LogP contribution in [0.2, 0.25) is 0 Å². The molecule has 0 aromatic heterocycles. The summed E-state index contributed by atoms with van der Waals surface area (Å²) in [6.07, 6.45) is 19.4. The number of rotatable bonds is 13. The Kier molecular flexibility index (Phi) is 15.7. The Hall–Kier alpha value is -0.660.